The van der Waals surface area contributed by atoms with Crippen molar-refractivity contribution in [2.75, 3.05) is 5.73 Å². The number of benzene rings is 1. The molecule has 52 valence electrons. The Bertz CT molecular complexity index is 262. The average Bonchev–Trinajstić information content (AvgIpc) is 1.94. The molecule has 0 radical (unpaired) electrons. The Hall–Kier alpha value is -0.822. The molecule has 0 aliphatic carbocycles. The number of hydrogen-bond acceptors (Lipinski definition) is 3. The maximum absolute atomic E-state index is 10.4. The van der Waals surface area contributed by atoms with Crippen LogP contribution in [0.15, 0.2) is 18.2 Å². The van der Waals surface area contributed by atoms with Gasteiger partial charge in [-0.25, -0.2) is 0 Å². The van der Waals surface area contributed by atoms with E-state index in [2.05, 4.69) is 0 Å². The van der Waals surface area contributed by atoms with Crippen LogP contribution in [0.3, 0.4) is 0 Å². The first-order valence-electron chi connectivity index (χ1n) is 2.66. The fourth-order valence-corrected chi connectivity index (χ4v) is 1.39. The Labute approximate surface area is 64.8 Å². The fraction of sp³-hybridized carbons (Fsp3) is 0. The van der Waals surface area contributed by atoms with Gasteiger partial charge in [0.25, 0.3) is 0 Å². The van der Waals surface area contributed by atoms with Crippen molar-refractivity contribution in [1.82, 2.24) is 0 Å². The summed E-state index contributed by atoms with van der Waals surface area (Å²) >= 11 is -1.18. The van der Waals surface area contributed by atoms with Crippen molar-refractivity contribution in [2.24, 2.45) is 0 Å². The number of aromatic hydroxyl groups is 1. The molecule has 0 spiro atoms. The topological polar surface area (TPSA) is 63.3 Å². The van der Waals surface area contributed by atoms with Crippen LogP contribution < -0.4 is 10.1 Å². The zero-order valence-electron chi connectivity index (χ0n) is 5.11. The Kier molecular flexibility index (Phi) is 2.07. The number of nitrogens with two attached hydrogens (primary N) is 1. The van der Waals surface area contributed by atoms with E-state index in [4.69, 9.17) is 10.8 Å². The van der Waals surface area contributed by atoms with Gasteiger partial charge in [0.05, 0.1) is 0 Å². The summed E-state index contributed by atoms with van der Waals surface area (Å²) in [7, 11) is 0. The molecule has 0 aromatic heterocycles. The molecular weight excluding hydrogens is 193 g/mol. The number of phenolic OH excluding ortho intramolecular Hbond substituents is 1. The zero-order chi connectivity index (χ0) is 7.56. The van der Waals surface area contributed by atoms with Gasteiger partial charge < -0.3 is 0 Å². The van der Waals surface area contributed by atoms with Crippen molar-refractivity contribution in [3.63, 3.8) is 0 Å². The maximum atomic E-state index is 10.4. The van der Waals surface area contributed by atoms with Gasteiger partial charge in [-0.05, 0) is 0 Å². The van der Waals surface area contributed by atoms with E-state index in [1.54, 1.807) is 6.07 Å². The Morgan fingerprint density at radius 2 is 2.20 bits per heavy atom. The molecule has 0 unspecified atom stereocenters. The van der Waals surface area contributed by atoms with Gasteiger partial charge in [0, 0.05) is 0 Å². The molecule has 1 rings (SSSR count). The summed E-state index contributed by atoms with van der Waals surface area (Å²) in [6, 6.07) is 4.52. The molecule has 4 heteroatoms. The molecule has 0 aliphatic rings. The summed E-state index contributed by atoms with van der Waals surface area (Å²) < 4.78 is 10.8. The minimum atomic E-state index is -1.18. The van der Waals surface area contributed by atoms with Gasteiger partial charge >= 0.3 is 64.3 Å². The summed E-state index contributed by atoms with van der Waals surface area (Å²) in [5, 5.41) is 9.00. The Balaban J connectivity index is 3.21. The predicted molar refractivity (Wildman–Crippen MR) is 38.6 cm³/mol. The molecule has 0 saturated carbocycles. The van der Waals surface area contributed by atoms with Crippen molar-refractivity contribution in [3.8, 4) is 5.75 Å². The minimum absolute atomic E-state index is 0.0594. The SMILES string of the molecule is Nc1ccc(O)c([As]=O)c1. The van der Waals surface area contributed by atoms with Crippen molar-refractivity contribution in [2.45, 2.75) is 0 Å². The molecular formula is C6H6AsNO2. The monoisotopic (exact) mass is 199 g/mol. The van der Waals surface area contributed by atoms with Crippen LogP contribution in [0.2, 0.25) is 0 Å². The van der Waals surface area contributed by atoms with E-state index in [1.807, 2.05) is 0 Å². The van der Waals surface area contributed by atoms with Crippen LogP contribution in [-0.4, -0.2) is 20.8 Å². The second-order valence-electron chi connectivity index (χ2n) is 1.84. The number of hydrogen-bond donors (Lipinski definition) is 2. The molecule has 0 atom stereocenters. The normalized spacial score (nSPS) is 10.0. The third-order valence-electron chi connectivity index (χ3n) is 1.10. The molecule has 0 aliphatic heterocycles. The summed E-state index contributed by atoms with van der Waals surface area (Å²) in [5.74, 6) is 0.0594. The molecule has 0 amide bonds. The third-order valence-corrected chi connectivity index (χ3v) is 2.26. The molecule has 1 aromatic carbocycles. The van der Waals surface area contributed by atoms with Gasteiger partial charge in [-0.2, -0.15) is 0 Å². The molecule has 3 nitrogen and oxygen atoms in total. The van der Waals surface area contributed by atoms with E-state index < -0.39 is 15.7 Å². The average molecular weight is 199 g/mol. The zero-order valence-corrected chi connectivity index (χ0v) is 6.99. The molecule has 0 heterocycles. The first kappa shape index (κ1) is 7.29. The van der Waals surface area contributed by atoms with Crippen LogP contribution in [0.1, 0.15) is 0 Å². The van der Waals surface area contributed by atoms with Gasteiger partial charge in [0.15, 0.2) is 0 Å². The van der Waals surface area contributed by atoms with E-state index in [0.717, 1.165) is 0 Å². The second-order valence-corrected chi connectivity index (χ2v) is 3.23. The summed E-state index contributed by atoms with van der Waals surface area (Å²) in [5.41, 5.74) is 5.89. The first-order valence-corrected chi connectivity index (χ1v) is 4.36. The third kappa shape index (κ3) is 1.36. The Morgan fingerprint density at radius 3 is 2.70 bits per heavy atom. The van der Waals surface area contributed by atoms with Crippen molar-refractivity contribution < 1.29 is 8.85 Å². The Morgan fingerprint density at radius 1 is 1.50 bits per heavy atom. The number of nitrogen functional groups attached to an aromatic ring is 1. The first-order chi connectivity index (χ1) is 4.74. The standard InChI is InChI=1S/C6H6AsNO2/c8-4-1-2-6(9)5(3-4)7-10/h1-3,9H,8H2. The molecule has 0 fully saturated rings. The van der Waals surface area contributed by atoms with Crippen LogP contribution >= 0.6 is 0 Å². The van der Waals surface area contributed by atoms with E-state index >= 15 is 0 Å². The van der Waals surface area contributed by atoms with Crippen molar-refractivity contribution in [1.29, 1.82) is 0 Å². The molecule has 0 bridgehead atoms. The van der Waals surface area contributed by atoms with Crippen molar-refractivity contribution >= 4 is 25.7 Å². The van der Waals surface area contributed by atoms with E-state index in [0.29, 0.717) is 10.0 Å². The molecule has 10 heavy (non-hydrogen) atoms. The molecule has 1 aromatic rings. The van der Waals surface area contributed by atoms with Gasteiger partial charge in [-0.15, -0.1) is 0 Å². The molecule has 3 N–H and O–H groups in total. The van der Waals surface area contributed by atoms with E-state index in [9.17, 15) is 3.74 Å². The summed E-state index contributed by atoms with van der Waals surface area (Å²) in [4.78, 5) is 0. The van der Waals surface area contributed by atoms with Crippen LogP contribution in [0.4, 0.5) is 5.69 Å². The van der Waals surface area contributed by atoms with Crippen LogP contribution in [0.5, 0.6) is 5.75 Å². The quantitative estimate of drug-likeness (QED) is 0.369. The van der Waals surface area contributed by atoms with Crippen LogP contribution in [0, 0.1) is 0 Å². The van der Waals surface area contributed by atoms with Gasteiger partial charge in [-0.3, -0.25) is 0 Å². The van der Waals surface area contributed by atoms with Gasteiger partial charge in [-0.1, -0.05) is 0 Å². The van der Waals surface area contributed by atoms with Crippen molar-refractivity contribution in [3.05, 3.63) is 18.2 Å². The van der Waals surface area contributed by atoms with E-state index in [1.165, 1.54) is 12.1 Å². The predicted octanol–water partition coefficient (Wildman–Crippen LogP) is -0.351. The molecule has 0 saturated heterocycles. The van der Waals surface area contributed by atoms with Gasteiger partial charge in [0.2, 0.25) is 0 Å². The summed E-state index contributed by atoms with van der Waals surface area (Å²) in [6.07, 6.45) is 0. The number of phenols is 1. The summed E-state index contributed by atoms with van der Waals surface area (Å²) in [6.45, 7) is 0. The number of rotatable bonds is 1. The van der Waals surface area contributed by atoms with Gasteiger partial charge in [0.1, 0.15) is 0 Å². The second kappa shape index (κ2) is 2.84. The fourth-order valence-electron chi connectivity index (χ4n) is 0.614. The van der Waals surface area contributed by atoms with Crippen LogP contribution in [0.25, 0.3) is 0 Å². The van der Waals surface area contributed by atoms with E-state index in [-0.39, 0.29) is 5.75 Å². The van der Waals surface area contributed by atoms with Crippen LogP contribution in [-0.2, 0) is 3.74 Å². The number of anilines is 1.